The molecule has 1 aromatic carbocycles. The van der Waals surface area contributed by atoms with Crippen molar-refractivity contribution < 1.29 is 14.6 Å². The summed E-state index contributed by atoms with van der Waals surface area (Å²) in [6, 6.07) is 8.03. The Hall–Kier alpha value is -2.83. The first-order valence-corrected chi connectivity index (χ1v) is 10.9. The number of aliphatic carboxylic acids is 1. The van der Waals surface area contributed by atoms with E-state index in [9.17, 15) is 9.90 Å². The number of unbranched alkanes of at least 4 members (excludes halogenated alkanes) is 3. The number of carbonyl (C=O) groups is 1. The molecule has 1 aliphatic rings. The van der Waals surface area contributed by atoms with Crippen LogP contribution in [0.25, 0.3) is 0 Å². The van der Waals surface area contributed by atoms with Crippen LogP contribution in [0.4, 0.5) is 11.8 Å². The first-order chi connectivity index (χ1) is 14.5. The van der Waals surface area contributed by atoms with Crippen molar-refractivity contribution >= 4 is 17.7 Å². The molecule has 0 aliphatic carbocycles. The van der Waals surface area contributed by atoms with Crippen molar-refractivity contribution in [1.82, 2.24) is 9.97 Å². The van der Waals surface area contributed by atoms with Gasteiger partial charge in [-0.3, -0.25) is 4.79 Å². The number of rotatable bonds is 12. The number of ether oxygens (including phenoxy) is 1. The predicted molar refractivity (Wildman–Crippen MR) is 118 cm³/mol. The molecule has 0 saturated carbocycles. The summed E-state index contributed by atoms with van der Waals surface area (Å²) in [6.45, 7) is 3.48. The molecule has 0 amide bonds. The van der Waals surface area contributed by atoms with Crippen LogP contribution in [0.2, 0.25) is 0 Å². The van der Waals surface area contributed by atoms with E-state index in [1.54, 1.807) is 0 Å². The molecule has 30 heavy (non-hydrogen) atoms. The highest BCUT2D eigenvalue weighted by Gasteiger charge is 2.19. The summed E-state index contributed by atoms with van der Waals surface area (Å²) in [4.78, 5) is 20.0. The Morgan fingerprint density at radius 2 is 2.07 bits per heavy atom. The van der Waals surface area contributed by atoms with E-state index in [4.69, 9.17) is 10.5 Å². The van der Waals surface area contributed by atoms with Gasteiger partial charge in [-0.25, -0.2) is 4.98 Å². The number of nitrogens with zero attached hydrogens (tertiary/aromatic N) is 2. The number of hydrogen-bond donors (Lipinski definition) is 3. The average molecular weight is 413 g/mol. The number of nitrogens with one attached hydrogen (secondary N) is 1. The maximum Gasteiger partial charge on any atom is 0.303 e. The normalized spacial score (nSPS) is 13.5. The Labute approximate surface area is 178 Å². The van der Waals surface area contributed by atoms with Crippen molar-refractivity contribution in [3.63, 3.8) is 0 Å². The predicted octanol–water partition coefficient (Wildman–Crippen LogP) is 4.18. The van der Waals surface area contributed by atoms with Crippen LogP contribution >= 0.6 is 0 Å². The molecule has 3 rings (SSSR count). The fourth-order valence-corrected chi connectivity index (χ4v) is 3.97. The van der Waals surface area contributed by atoms with Crippen molar-refractivity contribution in [2.75, 3.05) is 24.2 Å². The number of hydrogen-bond acceptors (Lipinski definition) is 6. The number of fused-ring (bicyclic) bond motifs is 1. The highest BCUT2D eigenvalue weighted by molar-refractivity contribution is 5.68. The van der Waals surface area contributed by atoms with E-state index in [2.05, 4.69) is 27.4 Å². The summed E-state index contributed by atoms with van der Waals surface area (Å²) in [5, 5.41) is 12.4. The Morgan fingerprint density at radius 1 is 1.23 bits per heavy atom. The molecule has 162 valence electrons. The quantitative estimate of drug-likeness (QED) is 0.449. The summed E-state index contributed by atoms with van der Waals surface area (Å²) in [5.41, 5.74) is 9.11. The van der Waals surface area contributed by atoms with Crippen molar-refractivity contribution in [3.05, 3.63) is 41.1 Å². The van der Waals surface area contributed by atoms with Gasteiger partial charge in [0.1, 0.15) is 11.6 Å². The number of anilines is 2. The summed E-state index contributed by atoms with van der Waals surface area (Å²) in [6.07, 6.45) is 7.01. The summed E-state index contributed by atoms with van der Waals surface area (Å²) >= 11 is 0. The topological polar surface area (TPSA) is 110 Å². The minimum atomic E-state index is -0.751. The number of benzene rings is 1. The van der Waals surface area contributed by atoms with E-state index in [0.717, 1.165) is 75.1 Å². The monoisotopic (exact) mass is 412 g/mol. The number of aryl methyl sites for hydroxylation is 1. The van der Waals surface area contributed by atoms with Crippen LogP contribution in [0, 0.1) is 0 Å². The van der Waals surface area contributed by atoms with Crippen molar-refractivity contribution in [1.29, 1.82) is 0 Å². The van der Waals surface area contributed by atoms with Crippen LogP contribution in [-0.2, 0) is 17.6 Å². The van der Waals surface area contributed by atoms with Gasteiger partial charge in [-0.05, 0) is 49.3 Å². The highest BCUT2D eigenvalue weighted by atomic mass is 16.5. The fraction of sp³-hybridized carbons (Fsp3) is 0.522. The number of carboxylic acids is 1. The Kier molecular flexibility index (Phi) is 7.88. The van der Waals surface area contributed by atoms with E-state index in [1.165, 1.54) is 5.56 Å². The minimum Gasteiger partial charge on any atom is -0.493 e. The second-order valence-corrected chi connectivity index (χ2v) is 7.85. The van der Waals surface area contributed by atoms with Gasteiger partial charge in [0, 0.05) is 24.7 Å². The molecule has 0 spiro atoms. The van der Waals surface area contributed by atoms with Crippen LogP contribution in [-0.4, -0.2) is 34.2 Å². The van der Waals surface area contributed by atoms with Crippen LogP contribution in [0.5, 0.6) is 5.75 Å². The van der Waals surface area contributed by atoms with Crippen LogP contribution in [0.1, 0.15) is 68.2 Å². The molecule has 2 aromatic rings. The number of aromatic nitrogens is 2. The zero-order valence-corrected chi connectivity index (χ0v) is 17.7. The third kappa shape index (κ3) is 6.34. The summed E-state index contributed by atoms with van der Waals surface area (Å²) < 4.78 is 5.65. The van der Waals surface area contributed by atoms with Crippen LogP contribution < -0.4 is 15.8 Å². The fourth-order valence-electron chi connectivity index (χ4n) is 3.97. The van der Waals surface area contributed by atoms with E-state index in [1.807, 2.05) is 19.1 Å². The molecule has 1 aromatic heterocycles. The van der Waals surface area contributed by atoms with Gasteiger partial charge in [-0.15, -0.1) is 0 Å². The molecule has 1 atom stereocenters. The van der Waals surface area contributed by atoms with Gasteiger partial charge >= 0.3 is 5.97 Å². The standard InChI is InChI=1S/C23H32N4O3/c1-2-25-23-26-19(15-21(24)27-23)8-6-4-3-5-7-17(14-22(28)29)18-10-9-16-11-12-30-20(16)13-18/h9-10,13,15,17H,2-8,11-12,14H2,1H3,(H,28,29)(H3,24,25,26,27). The molecule has 0 radical (unpaired) electrons. The van der Waals surface area contributed by atoms with Gasteiger partial charge in [-0.2, -0.15) is 4.98 Å². The first kappa shape index (κ1) is 21.9. The second-order valence-electron chi connectivity index (χ2n) is 7.85. The lowest BCUT2D eigenvalue weighted by Gasteiger charge is -2.16. The van der Waals surface area contributed by atoms with E-state index in [0.29, 0.717) is 11.8 Å². The van der Waals surface area contributed by atoms with Crippen molar-refractivity contribution in [2.45, 2.75) is 64.2 Å². The minimum absolute atomic E-state index is 0.0290. The summed E-state index contributed by atoms with van der Waals surface area (Å²) in [7, 11) is 0. The van der Waals surface area contributed by atoms with Crippen molar-refractivity contribution in [2.24, 2.45) is 0 Å². The number of nitrogens with two attached hydrogens (primary N) is 1. The van der Waals surface area contributed by atoms with Gasteiger partial charge in [0.2, 0.25) is 5.95 Å². The number of nitrogen functional groups attached to an aromatic ring is 1. The van der Waals surface area contributed by atoms with Gasteiger partial charge in [0.15, 0.2) is 0 Å². The molecular formula is C23H32N4O3. The third-order valence-corrected chi connectivity index (χ3v) is 5.48. The lowest BCUT2D eigenvalue weighted by molar-refractivity contribution is -0.137. The Morgan fingerprint density at radius 3 is 2.87 bits per heavy atom. The maximum atomic E-state index is 11.4. The highest BCUT2D eigenvalue weighted by Crippen LogP contribution is 2.33. The lowest BCUT2D eigenvalue weighted by atomic mass is 9.89. The van der Waals surface area contributed by atoms with Crippen molar-refractivity contribution in [3.8, 4) is 5.75 Å². The zero-order valence-electron chi connectivity index (χ0n) is 17.7. The molecular weight excluding hydrogens is 380 g/mol. The lowest BCUT2D eigenvalue weighted by Crippen LogP contribution is -2.07. The molecule has 7 heteroatoms. The van der Waals surface area contributed by atoms with E-state index >= 15 is 0 Å². The smallest absolute Gasteiger partial charge is 0.303 e. The van der Waals surface area contributed by atoms with E-state index in [-0.39, 0.29) is 12.3 Å². The second kappa shape index (κ2) is 10.8. The SMILES string of the molecule is CCNc1nc(N)cc(CCCCCCC(CC(=O)O)c2ccc3c(c2)OCC3)n1. The average Bonchev–Trinajstić information content (AvgIpc) is 3.17. The molecule has 7 nitrogen and oxygen atoms in total. The molecule has 4 N–H and O–H groups in total. The third-order valence-electron chi connectivity index (χ3n) is 5.48. The first-order valence-electron chi connectivity index (χ1n) is 10.9. The molecule has 0 fully saturated rings. The molecule has 1 aliphatic heterocycles. The van der Waals surface area contributed by atoms with Gasteiger partial charge in [-0.1, -0.05) is 31.4 Å². The molecule has 1 unspecified atom stereocenters. The molecule has 2 heterocycles. The molecule has 0 bridgehead atoms. The Balaban J connectivity index is 1.45. The summed E-state index contributed by atoms with van der Waals surface area (Å²) in [5.74, 6) is 1.28. The molecule has 0 saturated heterocycles. The van der Waals surface area contributed by atoms with Gasteiger partial charge in [0.25, 0.3) is 0 Å². The van der Waals surface area contributed by atoms with Crippen LogP contribution in [0.15, 0.2) is 24.3 Å². The van der Waals surface area contributed by atoms with Gasteiger partial charge in [0.05, 0.1) is 13.0 Å². The van der Waals surface area contributed by atoms with Gasteiger partial charge < -0.3 is 20.9 Å². The number of carboxylic acid groups (broad SMARTS) is 1. The maximum absolute atomic E-state index is 11.4. The van der Waals surface area contributed by atoms with E-state index < -0.39 is 5.97 Å². The Bertz CT molecular complexity index is 856. The zero-order chi connectivity index (χ0) is 21.3. The van der Waals surface area contributed by atoms with Crippen LogP contribution in [0.3, 0.4) is 0 Å². The largest absolute Gasteiger partial charge is 0.493 e.